The summed E-state index contributed by atoms with van der Waals surface area (Å²) in [6.45, 7) is 6.39. The molecule has 0 spiro atoms. The van der Waals surface area contributed by atoms with Crippen LogP contribution in [0.3, 0.4) is 0 Å². The molecular formula is C14H28N2O3S. The van der Waals surface area contributed by atoms with E-state index < -0.39 is 10.0 Å². The Bertz CT molecular complexity index is 393. The van der Waals surface area contributed by atoms with Crippen LogP contribution < -0.4 is 5.32 Å². The molecule has 0 aromatic rings. The lowest BCUT2D eigenvalue weighted by atomic mass is 9.99. The van der Waals surface area contributed by atoms with Crippen LogP contribution >= 0.6 is 0 Å². The summed E-state index contributed by atoms with van der Waals surface area (Å²) in [5.41, 5.74) is 0. The van der Waals surface area contributed by atoms with Gasteiger partial charge in [0.2, 0.25) is 10.0 Å². The highest BCUT2D eigenvalue weighted by Crippen LogP contribution is 2.25. The highest BCUT2D eigenvalue weighted by molar-refractivity contribution is 7.89. The summed E-state index contributed by atoms with van der Waals surface area (Å²) in [5.74, 6) is 0.155. The van der Waals surface area contributed by atoms with Crippen molar-refractivity contribution in [3.8, 4) is 0 Å². The number of hydrogen-bond donors (Lipinski definition) is 1. The quantitative estimate of drug-likeness (QED) is 0.805. The Labute approximate surface area is 123 Å². The zero-order valence-corrected chi connectivity index (χ0v) is 13.5. The third-order valence-corrected chi connectivity index (χ3v) is 6.34. The van der Waals surface area contributed by atoms with Crippen LogP contribution in [0.5, 0.6) is 0 Å². The SMILES string of the molecule is CCNC(C)C1CCCCN1S(=O)(=O)CC1CCCO1. The van der Waals surface area contributed by atoms with Gasteiger partial charge < -0.3 is 10.1 Å². The number of sulfonamides is 1. The van der Waals surface area contributed by atoms with E-state index in [2.05, 4.69) is 19.2 Å². The van der Waals surface area contributed by atoms with E-state index in [1.165, 1.54) is 0 Å². The fraction of sp³-hybridized carbons (Fsp3) is 1.00. The number of nitrogens with one attached hydrogen (secondary N) is 1. The maximum Gasteiger partial charge on any atom is 0.216 e. The molecule has 0 saturated carbocycles. The molecule has 1 N–H and O–H groups in total. The van der Waals surface area contributed by atoms with Gasteiger partial charge in [-0.3, -0.25) is 0 Å². The maximum atomic E-state index is 12.7. The number of nitrogens with zero attached hydrogens (tertiary/aromatic N) is 1. The number of rotatable bonds is 6. The van der Waals surface area contributed by atoms with Gasteiger partial charge in [-0.1, -0.05) is 13.3 Å². The summed E-state index contributed by atoms with van der Waals surface area (Å²) in [5, 5.41) is 3.37. The van der Waals surface area contributed by atoms with Crippen LogP contribution in [0.25, 0.3) is 0 Å². The summed E-state index contributed by atoms with van der Waals surface area (Å²) in [7, 11) is -3.21. The summed E-state index contributed by atoms with van der Waals surface area (Å²) in [6, 6.07) is 0.301. The third kappa shape index (κ3) is 3.93. The molecule has 20 heavy (non-hydrogen) atoms. The Hall–Kier alpha value is -0.170. The van der Waals surface area contributed by atoms with Crippen LogP contribution in [-0.4, -0.2) is 56.4 Å². The highest BCUT2D eigenvalue weighted by Gasteiger charge is 2.37. The Balaban J connectivity index is 2.05. The van der Waals surface area contributed by atoms with Gasteiger partial charge in [0.25, 0.3) is 0 Å². The van der Waals surface area contributed by atoms with Crippen molar-refractivity contribution < 1.29 is 13.2 Å². The van der Waals surface area contributed by atoms with Crippen LogP contribution in [0.4, 0.5) is 0 Å². The molecule has 3 atom stereocenters. The standard InChI is InChI=1S/C14H28N2O3S/c1-3-15-12(2)14-8-4-5-9-16(14)20(17,18)11-13-7-6-10-19-13/h12-15H,3-11H2,1-2H3. The van der Waals surface area contributed by atoms with E-state index in [-0.39, 0.29) is 23.9 Å². The first-order valence-electron chi connectivity index (χ1n) is 7.89. The van der Waals surface area contributed by atoms with Crippen molar-refractivity contribution in [2.24, 2.45) is 0 Å². The molecule has 118 valence electrons. The van der Waals surface area contributed by atoms with E-state index in [1.807, 2.05) is 0 Å². The van der Waals surface area contributed by atoms with Gasteiger partial charge in [-0.25, -0.2) is 8.42 Å². The zero-order valence-electron chi connectivity index (χ0n) is 12.7. The molecule has 2 rings (SSSR count). The van der Waals surface area contributed by atoms with Crippen LogP contribution in [0.1, 0.15) is 46.0 Å². The van der Waals surface area contributed by atoms with Crippen molar-refractivity contribution in [3.05, 3.63) is 0 Å². The fourth-order valence-corrected chi connectivity index (χ4v) is 5.37. The van der Waals surface area contributed by atoms with Gasteiger partial charge in [-0.2, -0.15) is 4.31 Å². The molecule has 0 aromatic heterocycles. The van der Waals surface area contributed by atoms with Crippen molar-refractivity contribution in [1.29, 1.82) is 0 Å². The number of hydrogen-bond acceptors (Lipinski definition) is 4. The number of likely N-dealkylation sites (N-methyl/N-ethyl adjacent to an activating group) is 1. The minimum atomic E-state index is -3.21. The summed E-state index contributed by atoms with van der Waals surface area (Å²) >= 11 is 0. The van der Waals surface area contributed by atoms with E-state index >= 15 is 0 Å². The lowest BCUT2D eigenvalue weighted by molar-refractivity contribution is 0.124. The smallest absolute Gasteiger partial charge is 0.216 e. The van der Waals surface area contributed by atoms with E-state index in [1.54, 1.807) is 4.31 Å². The van der Waals surface area contributed by atoms with Crippen molar-refractivity contribution in [2.45, 2.75) is 64.1 Å². The molecule has 0 amide bonds. The molecule has 0 bridgehead atoms. The second-order valence-electron chi connectivity index (χ2n) is 5.93. The molecule has 2 saturated heterocycles. The predicted octanol–water partition coefficient (Wildman–Crippen LogP) is 1.35. The number of ether oxygens (including phenoxy) is 1. The van der Waals surface area contributed by atoms with Crippen LogP contribution in [0.2, 0.25) is 0 Å². The van der Waals surface area contributed by atoms with E-state index in [4.69, 9.17) is 4.74 Å². The van der Waals surface area contributed by atoms with Gasteiger partial charge in [0, 0.05) is 25.2 Å². The second kappa shape index (κ2) is 7.20. The summed E-state index contributed by atoms with van der Waals surface area (Å²) < 4.78 is 32.6. The molecule has 5 nitrogen and oxygen atoms in total. The largest absolute Gasteiger partial charge is 0.377 e. The van der Waals surface area contributed by atoms with Crippen molar-refractivity contribution in [3.63, 3.8) is 0 Å². The van der Waals surface area contributed by atoms with Crippen LogP contribution in [-0.2, 0) is 14.8 Å². The molecule has 0 aliphatic carbocycles. The molecule has 2 fully saturated rings. The average molecular weight is 304 g/mol. The van der Waals surface area contributed by atoms with Crippen molar-refractivity contribution in [2.75, 3.05) is 25.4 Å². The van der Waals surface area contributed by atoms with Gasteiger partial charge in [0.05, 0.1) is 11.9 Å². The van der Waals surface area contributed by atoms with Crippen molar-refractivity contribution >= 4 is 10.0 Å². The molecule has 0 radical (unpaired) electrons. The first kappa shape index (κ1) is 16.2. The first-order valence-corrected chi connectivity index (χ1v) is 9.50. The number of piperidine rings is 1. The topological polar surface area (TPSA) is 58.6 Å². The normalized spacial score (nSPS) is 30.5. The minimum absolute atomic E-state index is 0.0927. The molecule has 0 aromatic carbocycles. The van der Waals surface area contributed by atoms with E-state index in [0.29, 0.717) is 13.2 Å². The van der Waals surface area contributed by atoms with Gasteiger partial charge in [-0.05, 0) is 39.2 Å². The Morgan fingerprint density at radius 2 is 2.10 bits per heavy atom. The predicted molar refractivity (Wildman–Crippen MR) is 80.2 cm³/mol. The Kier molecular flexibility index (Phi) is 5.84. The minimum Gasteiger partial charge on any atom is -0.377 e. The van der Waals surface area contributed by atoms with Crippen LogP contribution in [0.15, 0.2) is 0 Å². The Morgan fingerprint density at radius 3 is 2.75 bits per heavy atom. The first-order chi connectivity index (χ1) is 9.54. The van der Waals surface area contributed by atoms with Crippen molar-refractivity contribution in [1.82, 2.24) is 9.62 Å². The summed E-state index contributed by atoms with van der Waals surface area (Å²) in [6.07, 6.45) is 4.81. The lowest BCUT2D eigenvalue weighted by Gasteiger charge is -2.38. The maximum absolute atomic E-state index is 12.7. The van der Waals surface area contributed by atoms with E-state index in [9.17, 15) is 8.42 Å². The van der Waals surface area contributed by atoms with Gasteiger partial charge >= 0.3 is 0 Å². The average Bonchev–Trinajstić information content (AvgIpc) is 2.91. The summed E-state index contributed by atoms with van der Waals surface area (Å²) in [4.78, 5) is 0. The second-order valence-corrected chi connectivity index (χ2v) is 7.90. The van der Waals surface area contributed by atoms with E-state index in [0.717, 1.165) is 38.6 Å². The molecule has 6 heteroatoms. The van der Waals surface area contributed by atoms with Gasteiger partial charge in [0.1, 0.15) is 0 Å². The highest BCUT2D eigenvalue weighted by atomic mass is 32.2. The molecular weight excluding hydrogens is 276 g/mol. The van der Waals surface area contributed by atoms with Gasteiger partial charge in [0.15, 0.2) is 0 Å². The van der Waals surface area contributed by atoms with Gasteiger partial charge in [-0.15, -0.1) is 0 Å². The van der Waals surface area contributed by atoms with Crippen LogP contribution in [0, 0.1) is 0 Å². The zero-order chi connectivity index (χ0) is 14.6. The fourth-order valence-electron chi connectivity index (χ4n) is 3.34. The molecule has 2 aliphatic rings. The molecule has 3 unspecified atom stereocenters. The monoisotopic (exact) mass is 304 g/mol. The molecule has 2 heterocycles. The molecule has 2 aliphatic heterocycles. The third-order valence-electron chi connectivity index (χ3n) is 4.38. The Morgan fingerprint density at radius 1 is 1.30 bits per heavy atom. The lowest BCUT2D eigenvalue weighted by Crippen LogP contribution is -2.54.